The van der Waals surface area contributed by atoms with Gasteiger partial charge in [0.05, 0.1) is 11.7 Å². The molecular formula is C17H31NO. The lowest BCUT2D eigenvalue weighted by atomic mass is 9.76. The van der Waals surface area contributed by atoms with E-state index in [9.17, 15) is 0 Å². The van der Waals surface area contributed by atoms with E-state index in [0.29, 0.717) is 18.1 Å². The number of hydrogen-bond acceptors (Lipinski definition) is 2. The van der Waals surface area contributed by atoms with Crippen LogP contribution in [-0.4, -0.2) is 17.7 Å². The first-order chi connectivity index (χ1) is 9.17. The second kappa shape index (κ2) is 5.73. The van der Waals surface area contributed by atoms with Gasteiger partial charge < -0.3 is 10.5 Å². The summed E-state index contributed by atoms with van der Waals surface area (Å²) in [6, 6.07) is 0.433. The summed E-state index contributed by atoms with van der Waals surface area (Å²) >= 11 is 0. The van der Waals surface area contributed by atoms with E-state index < -0.39 is 0 Å². The zero-order chi connectivity index (χ0) is 13.3. The molecule has 2 aliphatic carbocycles. The SMILES string of the molecule is CC1CCC(N)C(CC2CCC3(CCCCC3)O2)C1. The molecule has 19 heavy (non-hydrogen) atoms. The Morgan fingerprint density at radius 2 is 1.84 bits per heavy atom. The molecule has 0 bridgehead atoms. The van der Waals surface area contributed by atoms with E-state index in [-0.39, 0.29) is 5.60 Å². The van der Waals surface area contributed by atoms with Gasteiger partial charge in [0.15, 0.2) is 0 Å². The van der Waals surface area contributed by atoms with E-state index in [1.54, 1.807) is 0 Å². The average Bonchev–Trinajstić information content (AvgIpc) is 2.78. The molecule has 1 spiro atoms. The van der Waals surface area contributed by atoms with Crippen LogP contribution >= 0.6 is 0 Å². The molecule has 0 aromatic carbocycles. The van der Waals surface area contributed by atoms with Crippen LogP contribution in [0.25, 0.3) is 0 Å². The molecule has 2 saturated carbocycles. The standard InChI is InChI=1S/C17H31NO/c1-13-5-6-16(18)14(11-13)12-15-7-10-17(19-15)8-3-2-4-9-17/h13-16H,2-12,18H2,1H3. The van der Waals surface area contributed by atoms with Crippen molar-refractivity contribution in [2.24, 2.45) is 17.6 Å². The Morgan fingerprint density at radius 3 is 2.63 bits per heavy atom. The summed E-state index contributed by atoms with van der Waals surface area (Å²) in [6.07, 6.45) is 15.0. The molecular weight excluding hydrogens is 234 g/mol. The minimum absolute atomic E-state index is 0.285. The minimum atomic E-state index is 0.285. The van der Waals surface area contributed by atoms with Gasteiger partial charge in [-0.25, -0.2) is 0 Å². The topological polar surface area (TPSA) is 35.2 Å². The summed E-state index contributed by atoms with van der Waals surface area (Å²) in [4.78, 5) is 0. The molecule has 2 heteroatoms. The summed E-state index contributed by atoms with van der Waals surface area (Å²) in [5.41, 5.74) is 6.62. The van der Waals surface area contributed by atoms with Crippen molar-refractivity contribution in [2.75, 3.05) is 0 Å². The van der Waals surface area contributed by atoms with Crippen molar-refractivity contribution < 1.29 is 4.74 Å². The Morgan fingerprint density at radius 1 is 1.05 bits per heavy atom. The smallest absolute Gasteiger partial charge is 0.0687 e. The van der Waals surface area contributed by atoms with Crippen LogP contribution in [-0.2, 0) is 4.74 Å². The monoisotopic (exact) mass is 265 g/mol. The Balaban J connectivity index is 1.53. The van der Waals surface area contributed by atoms with Crippen molar-refractivity contribution in [1.82, 2.24) is 0 Å². The van der Waals surface area contributed by atoms with Gasteiger partial charge >= 0.3 is 0 Å². The summed E-state index contributed by atoms with van der Waals surface area (Å²) in [5.74, 6) is 1.59. The van der Waals surface area contributed by atoms with Gasteiger partial charge in [0, 0.05) is 6.04 Å². The van der Waals surface area contributed by atoms with E-state index in [1.807, 2.05) is 0 Å². The van der Waals surface area contributed by atoms with Gasteiger partial charge in [-0.2, -0.15) is 0 Å². The molecule has 3 aliphatic rings. The normalized spacial score (nSPS) is 42.6. The van der Waals surface area contributed by atoms with Crippen molar-refractivity contribution in [3.8, 4) is 0 Å². The fourth-order valence-corrected chi connectivity index (χ4v) is 4.76. The molecule has 0 aromatic rings. The third-order valence-corrected chi connectivity index (χ3v) is 5.97. The van der Waals surface area contributed by atoms with Crippen molar-refractivity contribution in [3.05, 3.63) is 0 Å². The van der Waals surface area contributed by atoms with E-state index in [2.05, 4.69) is 6.92 Å². The second-order valence-electron chi connectivity index (χ2n) is 7.60. The van der Waals surface area contributed by atoms with Crippen LogP contribution in [0.15, 0.2) is 0 Å². The van der Waals surface area contributed by atoms with Crippen molar-refractivity contribution in [2.45, 2.75) is 95.3 Å². The van der Waals surface area contributed by atoms with Gasteiger partial charge in [0.1, 0.15) is 0 Å². The van der Waals surface area contributed by atoms with Crippen LogP contribution in [0.3, 0.4) is 0 Å². The van der Waals surface area contributed by atoms with Crippen LogP contribution in [0, 0.1) is 11.8 Å². The Kier molecular flexibility index (Phi) is 4.19. The highest BCUT2D eigenvalue weighted by atomic mass is 16.5. The predicted octanol–water partition coefficient (Wildman–Crippen LogP) is 4.02. The zero-order valence-electron chi connectivity index (χ0n) is 12.6. The highest BCUT2D eigenvalue weighted by Gasteiger charge is 2.42. The van der Waals surface area contributed by atoms with Crippen molar-refractivity contribution in [1.29, 1.82) is 0 Å². The first kappa shape index (κ1) is 13.9. The third kappa shape index (κ3) is 3.16. The number of rotatable bonds is 2. The van der Waals surface area contributed by atoms with Crippen LogP contribution in [0.2, 0.25) is 0 Å². The minimum Gasteiger partial charge on any atom is -0.372 e. The van der Waals surface area contributed by atoms with Gasteiger partial charge in [-0.3, -0.25) is 0 Å². The first-order valence-electron chi connectivity index (χ1n) is 8.60. The summed E-state index contributed by atoms with van der Waals surface area (Å²) in [6.45, 7) is 2.39. The molecule has 3 rings (SSSR count). The Hall–Kier alpha value is -0.0800. The molecule has 1 aliphatic heterocycles. The van der Waals surface area contributed by atoms with Crippen LogP contribution in [0.1, 0.15) is 77.6 Å². The number of hydrogen-bond donors (Lipinski definition) is 1. The lowest BCUT2D eigenvalue weighted by Crippen LogP contribution is -2.38. The van der Waals surface area contributed by atoms with Gasteiger partial charge in [-0.1, -0.05) is 26.2 Å². The lowest BCUT2D eigenvalue weighted by molar-refractivity contribution is -0.0724. The molecule has 0 radical (unpaired) electrons. The van der Waals surface area contributed by atoms with E-state index >= 15 is 0 Å². The molecule has 4 atom stereocenters. The summed E-state index contributed by atoms with van der Waals surface area (Å²) in [7, 11) is 0. The summed E-state index contributed by atoms with van der Waals surface area (Å²) in [5, 5.41) is 0. The molecule has 4 unspecified atom stereocenters. The highest BCUT2D eigenvalue weighted by molar-refractivity contribution is 4.93. The predicted molar refractivity (Wildman–Crippen MR) is 79.0 cm³/mol. The molecule has 0 aromatic heterocycles. The summed E-state index contributed by atoms with van der Waals surface area (Å²) < 4.78 is 6.52. The maximum absolute atomic E-state index is 6.52. The third-order valence-electron chi connectivity index (χ3n) is 5.97. The maximum atomic E-state index is 6.52. The van der Waals surface area contributed by atoms with Gasteiger partial charge in [-0.15, -0.1) is 0 Å². The van der Waals surface area contributed by atoms with E-state index in [1.165, 1.54) is 70.6 Å². The number of ether oxygens (including phenoxy) is 1. The number of nitrogens with two attached hydrogens (primary N) is 1. The maximum Gasteiger partial charge on any atom is 0.0687 e. The molecule has 2 N–H and O–H groups in total. The molecule has 0 amide bonds. The fraction of sp³-hybridized carbons (Fsp3) is 1.00. The molecule has 2 nitrogen and oxygen atoms in total. The first-order valence-corrected chi connectivity index (χ1v) is 8.60. The Labute approximate surface area is 118 Å². The van der Waals surface area contributed by atoms with Crippen LogP contribution in [0.4, 0.5) is 0 Å². The van der Waals surface area contributed by atoms with Crippen LogP contribution in [0.5, 0.6) is 0 Å². The van der Waals surface area contributed by atoms with E-state index in [4.69, 9.17) is 10.5 Å². The molecule has 110 valence electrons. The zero-order valence-corrected chi connectivity index (χ0v) is 12.6. The quantitative estimate of drug-likeness (QED) is 0.818. The largest absolute Gasteiger partial charge is 0.372 e. The highest BCUT2D eigenvalue weighted by Crippen LogP contribution is 2.44. The fourth-order valence-electron chi connectivity index (χ4n) is 4.76. The van der Waals surface area contributed by atoms with Gasteiger partial charge in [0.2, 0.25) is 0 Å². The van der Waals surface area contributed by atoms with Crippen molar-refractivity contribution >= 4 is 0 Å². The molecule has 1 saturated heterocycles. The van der Waals surface area contributed by atoms with Crippen molar-refractivity contribution in [3.63, 3.8) is 0 Å². The van der Waals surface area contributed by atoms with Gasteiger partial charge in [-0.05, 0) is 63.2 Å². The molecule has 3 fully saturated rings. The van der Waals surface area contributed by atoms with Crippen LogP contribution < -0.4 is 5.73 Å². The van der Waals surface area contributed by atoms with Gasteiger partial charge in [0.25, 0.3) is 0 Å². The average molecular weight is 265 g/mol. The Bertz CT molecular complexity index is 298. The molecule has 1 heterocycles. The van der Waals surface area contributed by atoms with E-state index in [0.717, 1.165) is 5.92 Å². The lowest BCUT2D eigenvalue weighted by Gasteiger charge is -2.36. The second-order valence-corrected chi connectivity index (χ2v) is 7.60.